The Hall–Kier alpha value is -3.24. The summed E-state index contributed by atoms with van der Waals surface area (Å²) in [5.41, 5.74) is 0.328. The number of carbonyl (C=O) groups is 2. The molecule has 1 saturated heterocycles. The molecule has 14 nitrogen and oxygen atoms in total. The fraction of sp³-hybridized carbons (Fsp3) is 0.538. The van der Waals surface area contributed by atoms with E-state index in [2.05, 4.69) is 0 Å². The van der Waals surface area contributed by atoms with E-state index in [9.17, 15) is 45.3 Å². The van der Waals surface area contributed by atoms with Crippen LogP contribution in [0.3, 0.4) is 0 Å². The Morgan fingerprint density at radius 2 is 1.73 bits per heavy atom. The average molecular weight is 569 g/mol. The molecule has 7 N–H and O–H groups in total. The molecule has 11 unspecified atom stereocenters. The molecule has 0 aromatic heterocycles. The molecule has 220 valence electrons. The van der Waals surface area contributed by atoms with E-state index in [4.69, 9.17) is 23.7 Å². The zero-order valence-electron chi connectivity index (χ0n) is 21.5. The number of aliphatic hydroxyl groups is 5. The van der Waals surface area contributed by atoms with Crippen LogP contribution in [0.25, 0.3) is 6.08 Å². The van der Waals surface area contributed by atoms with Gasteiger partial charge in [-0.25, -0.2) is 9.59 Å². The van der Waals surface area contributed by atoms with Gasteiger partial charge in [-0.1, -0.05) is 13.0 Å². The first-order valence-corrected chi connectivity index (χ1v) is 12.5. The van der Waals surface area contributed by atoms with Gasteiger partial charge in [-0.15, -0.1) is 0 Å². The van der Waals surface area contributed by atoms with Crippen LogP contribution in [0.5, 0.6) is 11.5 Å². The molecule has 11 atom stereocenters. The number of methoxy groups -OCH3 is 1. The summed E-state index contributed by atoms with van der Waals surface area (Å²) >= 11 is 0. The summed E-state index contributed by atoms with van der Waals surface area (Å²) in [4.78, 5) is 25.3. The molecule has 2 fully saturated rings. The number of rotatable bonds is 7. The highest BCUT2D eigenvalue weighted by atomic mass is 16.8. The van der Waals surface area contributed by atoms with Gasteiger partial charge < -0.3 is 59.4 Å². The van der Waals surface area contributed by atoms with Crippen LogP contribution >= 0.6 is 0 Å². The molecule has 0 amide bonds. The second-order valence-corrected chi connectivity index (χ2v) is 9.84. The van der Waals surface area contributed by atoms with Gasteiger partial charge in [0.2, 0.25) is 6.29 Å². The first kappa shape index (κ1) is 29.7. The summed E-state index contributed by atoms with van der Waals surface area (Å²) in [5, 5.41) is 70.2. The maximum atomic E-state index is 12.7. The highest BCUT2D eigenvalue weighted by Gasteiger charge is 2.59. The predicted molar refractivity (Wildman–Crippen MR) is 131 cm³/mol. The maximum Gasteiger partial charge on any atom is 0.337 e. The fourth-order valence-electron chi connectivity index (χ4n) is 5.26. The molecular weight excluding hydrogens is 536 g/mol. The molecule has 0 spiro atoms. The molecule has 2 aliphatic heterocycles. The van der Waals surface area contributed by atoms with Crippen molar-refractivity contribution in [3.8, 4) is 11.5 Å². The van der Waals surface area contributed by atoms with Gasteiger partial charge in [0.05, 0.1) is 31.7 Å². The van der Waals surface area contributed by atoms with Crippen LogP contribution in [-0.2, 0) is 33.3 Å². The number of phenols is 2. The van der Waals surface area contributed by atoms with Crippen molar-refractivity contribution in [1.82, 2.24) is 0 Å². The minimum absolute atomic E-state index is 0.0465. The van der Waals surface area contributed by atoms with Crippen molar-refractivity contribution in [2.45, 2.75) is 56.1 Å². The Balaban J connectivity index is 1.57. The van der Waals surface area contributed by atoms with Crippen molar-refractivity contribution < 1.29 is 69.0 Å². The fourth-order valence-corrected chi connectivity index (χ4v) is 5.26. The first-order chi connectivity index (χ1) is 19.0. The number of aromatic hydroxyl groups is 2. The molecule has 14 heteroatoms. The zero-order chi connectivity index (χ0) is 29.3. The molecule has 0 radical (unpaired) electrons. The molecule has 0 bridgehead atoms. The highest BCUT2D eigenvalue weighted by Crippen LogP contribution is 2.49. The molecule has 1 aromatic rings. The van der Waals surface area contributed by atoms with Crippen molar-refractivity contribution in [3.05, 3.63) is 41.7 Å². The summed E-state index contributed by atoms with van der Waals surface area (Å²) in [7, 11) is 1.14. The molecule has 3 aliphatic rings. The predicted octanol–water partition coefficient (Wildman–Crippen LogP) is -1.50. The van der Waals surface area contributed by atoms with E-state index in [-0.39, 0.29) is 17.1 Å². The monoisotopic (exact) mass is 568 g/mol. The third-order valence-corrected chi connectivity index (χ3v) is 7.45. The van der Waals surface area contributed by atoms with Crippen molar-refractivity contribution in [3.63, 3.8) is 0 Å². The quantitative estimate of drug-likeness (QED) is 0.113. The van der Waals surface area contributed by atoms with Gasteiger partial charge in [-0.3, -0.25) is 0 Å². The molecule has 1 aliphatic carbocycles. The highest BCUT2D eigenvalue weighted by molar-refractivity contribution is 5.90. The van der Waals surface area contributed by atoms with Gasteiger partial charge >= 0.3 is 11.9 Å². The summed E-state index contributed by atoms with van der Waals surface area (Å²) in [5.74, 6) is -4.96. The van der Waals surface area contributed by atoms with E-state index >= 15 is 0 Å². The van der Waals surface area contributed by atoms with Gasteiger partial charge in [0.25, 0.3) is 0 Å². The second-order valence-electron chi connectivity index (χ2n) is 9.84. The number of esters is 2. The van der Waals surface area contributed by atoms with Crippen LogP contribution in [0.15, 0.2) is 36.1 Å². The summed E-state index contributed by atoms with van der Waals surface area (Å²) < 4.78 is 27.2. The second kappa shape index (κ2) is 12.1. The maximum absolute atomic E-state index is 12.7. The minimum Gasteiger partial charge on any atom is -0.504 e. The summed E-state index contributed by atoms with van der Waals surface area (Å²) in [6.45, 7) is 0.928. The lowest BCUT2D eigenvalue weighted by Crippen LogP contribution is -2.60. The lowest BCUT2D eigenvalue weighted by Gasteiger charge is -2.43. The number of hydrogen-bond acceptors (Lipinski definition) is 14. The van der Waals surface area contributed by atoms with Crippen molar-refractivity contribution >= 4 is 18.0 Å². The molecule has 40 heavy (non-hydrogen) atoms. The van der Waals surface area contributed by atoms with Crippen molar-refractivity contribution in [2.24, 2.45) is 17.8 Å². The largest absolute Gasteiger partial charge is 0.504 e. The molecular formula is C26H32O14. The Morgan fingerprint density at radius 3 is 2.38 bits per heavy atom. The average Bonchev–Trinajstić information content (AvgIpc) is 3.19. The Bertz CT molecular complexity index is 1150. The van der Waals surface area contributed by atoms with E-state index in [0.717, 1.165) is 19.4 Å². The number of aliphatic hydroxyl groups excluding tert-OH is 5. The third kappa shape index (κ3) is 5.65. The summed E-state index contributed by atoms with van der Waals surface area (Å²) in [6.07, 6.45) is -8.33. The number of ether oxygens (including phenoxy) is 5. The van der Waals surface area contributed by atoms with E-state index < -0.39 is 85.5 Å². The summed E-state index contributed by atoms with van der Waals surface area (Å²) in [6, 6.07) is 3.90. The van der Waals surface area contributed by atoms with Crippen LogP contribution in [0.1, 0.15) is 12.5 Å². The van der Waals surface area contributed by atoms with Gasteiger partial charge in [0.1, 0.15) is 30.5 Å². The van der Waals surface area contributed by atoms with Crippen molar-refractivity contribution in [2.75, 3.05) is 13.7 Å². The van der Waals surface area contributed by atoms with Gasteiger partial charge in [-0.05, 0) is 29.7 Å². The lowest BCUT2D eigenvalue weighted by atomic mass is 9.82. The van der Waals surface area contributed by atoms with Crippen LogP contribution in [-0.4, -0.2) is 111 Å². The molecule has 1 saturated carbocycles. The molecule has 4 rings (SSSR count). The minimum atomic E-state index is -1.73. The van der Waals surface area contributed by atoms with Crippen LogP contribution < -0.4 is 0 Å². The normalized spacial score (nSPS) is 37.4. The third-order valence-electron chi connectivity index (χ3n) is 7.45. The Kier molecular flexibility index (Phi) is 8.99. The number of carbonyl (C=O) groups excluding carboxylic acids is 2. The SMILES string of the molecule is COC(=O)C1=COC(OC2OC(CO)C(O)C(O)C2O)C2C(C)C(O)C(OC(=O)C=Cc3ccc(O)c(O)c3)C12. The Morgan fingerprint density at radius 1 is 1.00 bits per heavy atom. The van der Waals surface area contributed by atoms with Gasteiger partial charge in [-0.2, -0.15) is 0 Å². The van der Waals surface area contributed by atoms with Crippen LogP contribution in [0.4, 0.5) is 0 Å². The van der Waals surface area contributed by atoms with Crippen LogP contribution in [0, 0.1) is 17.8 Å². The number of benzene rings is 1. The van der Waals surface area contributed by atoms with E-state index in [1.807, 2.05) is 0 Å². The lowest BCUT2D eigenvalue weighted by molar-refractivity contribution is -0.343. The number of hydrogen-bond donors (Lipinski definition) is 7. The van der Waals surface area contributed by atoms with E-state index in [1.54, 1.807) is 6.92 Å². The standard InChI is InChI=1S/C26H32O14/c1-10-17-18(23(19(10)31)39-16(30)6-4-11-3-5-13(28)14(29)7-11)12(24(35)36-2)9-37-25(17)40-26-22(34)21(33)20(32)15(8-27)38-26/h3-7,9-10,15,17-23,25-29,31-34H,8H2,1-2H3. The number of fused-ring (bicyclic) bond motifs is 1. The van der Waals surface area contributed by atoms with E-state index in [0.29, 0.717) is 5.56 Å². The first-order valence-electron chi connectivity index (χ1n) is 12.5. The van der Waals surface area contributed by atoms with Gasteiger partial charge in [0.15, 0.2) is 17.8 Å². The Labute approximate surface area is 228 Å². The smallest absolute Gasteiger partial charge is 0.337 e. The van der Waals surface area contributed by atoms with Crippen molar-refractivity contribution in [1.29, 1.82) is 0 Å². The number of phenolic OH excluding ortho intramolecular Hbond substituents is 2. The topological polar surface area (TPSA) is 222 Å². The zero-order valence-corrected chi connectivity index (χ0v) is 21.5. The van der Waals surface area contributed by atoms with E-state index in [1.165, 1.54) is 24.3 Å². The van der Waals surface area contributed by atoms with Gasteiger partial charge in [0, 0.05) is 17.9 Å². The van der Waals surface area contributed by atoms with Crippen LogP contribution in [0.2, 0.25) is 0 Å². The molecule has 1 aromatic carbocycles. The molecule has 2 heterocycles.